The Morgan fingerprint density at radius 2 is 2.00 bits per heavy atom. The lowest BCUT2D eigenvalue weighted by molar-refractivity contribution is -0.394. The van der Waals surface area contributed by atoms with Crippen molar-refractivity contribution in [1.29, 1.82) is 0 Å². The van der Waals surface area contributed by atoms with E-state index in [1.807, 2.05) is 0 Å². The molecular formula is C10H10N2O5S. The molecule has 0 saturated heterocycles. The number of rotatable bonds is 5. The lowest BCUT2D eigenvalue weighted by Crippen LogP contribution is -2.07. The van der Waals surface area contributed by atoms with E-state index in [-0.39, 0.29) is 22.8 Å². The Hall–Kier alpha value is -2.09. The third-order valence-corrected chi connectivity index (χ3v) is 2.38. The first-order chi connectivity index (χ1) is 8.45. The second kappa shape index (κ2) is 6.01. The van der Waals surface area contributed by atoms with Crippen LogP contribution in [0.3, 0.4) is 0 Å². The van der Waals surface area contributed by atoms with Crippen molar-refractivity contribution in [3.05, 3.63) is 44.0 Å². The number of thiocarbonyl (C=S) groups is 1. The zero-order valence-corrected chi connectivity index (χ0v) is 10.3. The van der Waals surface area contributed by atoms with Crippen LogP contribution in [0, 0.1) is 20.2 Å². The van der Waals surface area contributed by atoms with E-state index in [4.69, 9.17) is 17.0 Å². The van der Waals surface area contributed by atoms with Gasteiger partial charge in [0.1, 0.15) is 0 Å². The Labute approximate surface area is 108 Å². The van der Waals surface area contributed by atoms with Crippen LogP contribution in [0.15, 0.2) is 18.2 Å². The molecule has 1 aromatic rings. The van der Waals surface area contributed by atoms with Gasteiger partial charge in [0.05, 0.1) is 22.5 Å². The monoisotopic (exact) mass is 270 g/mol. The maximum Gasteiger partial charge on any atom is 0.279 e. The topological polar surface area (TPSA) is 95.5 Å². The van der Waals surface area contributed by atoms with Crippen LogP contribution in [0.5, 0.6) is 0 Å². The highest BCUT2D eigenvalue weighted by Crippen LogP contribution is 2.25. The molecular weight excluding hydrogens is 260 g/mol. The number of hydrogen-bond acceptors (Lipinski definition) is 6. The van der Waals surface area contributed by atoms with Crippen LogP contribution in [-0.2, 0) is 11.2 Å². The minimum Gasteiger partial charge on any atom is -0.487 e. The van der Waals surface area contributed by atoms with Crippen molar-refractivity contribution in [3.63, 3.8) is 0 Å². The van der Waals surface area contributed by atoms with E-state index in [1.165, 1.54) is 12.1 Å². The van der Waals surface area contributed by atoms with Crippen LogP contribution in [0.1, 0.15) is 12.5 Å². The van der Waals surface area contributed by atoms with Gasteiger partial charge in [0.15, 0.2) is 5.05 Å². The normalized spacial score (nSPS) is 9.83. The van der Waals surface area contributed by atoms with Crippen LogP contribution in [0.25, 0.3) is 0 Å². The van der Waals surface area contributed by atoms with Crippen molar-refractivity contribution >= 4 is 28.6 Å². The molecule has 0 bridgehead atoms. The predicted molar refractivity (Wildman–Crippen MR) is 67.7 cm³/mol. The summed E-state index contributed by atoms with van der Waals surface area (Å²) in [4.78, 5) is 20.0. The van der Waals surface area contributed by atoms with Gasteiger partial charge in [0, 0.05) is 18.1 Å². The van der Waals surface area contributed by atoms with E-state index < -0.39 is 9.85 Å². The molecule has 0 fully saturated rings. The summed E-state index contributed by atoms with van der Waals surface area (Å²) in [7, 11) is 0. The summed E-state index contributed by atoms with van der Waals surface area (Å²) in [5.74, 6) is 0. The summed E-state index contributed by atoms with van der Waals surface area (Å²) in [6, 6.07) is 3.45. The Bertz CT molecular complexity index is 503. The van der Waals surface area contributed by atoms with Gasteiger partial charge in [0.2, 0.25) is 0 Å². The minimum atomic E-state index is -0.683. The number of nitro groups is 2. The summed E-state index contributed by atoms with van der Waals surface area (Å²) in [6.45, 7) is 2.12. The number of non-ortho nitro benzene ring substituents is 1. The van der Waals surface area contributed by atoms with Gasteiger partial charge in [-0.15, -0.1) is 0 Å². The Balaban J connectivity index is 3.08. The van der Waals surface area contributed by atoms with Gasteiger partial charge in [0.25, 0.3) is 11.4 Å². The molecule has 0 aromatic heterocycles. The summed E-state index contributed by atoms with van der Waals surface area (Å²) in [6.07, 6.45) is 0.0808. The molecule has 8 heteroatoms. The zero-order chi connectivity index (χ0) is 13.7. The maximum absolute atomic E-state index is 10.8. The summed E-state index contributed by atoms with van der Waals surface area (Å²) < 4.78 is 5.03. The molecule has 0 aliphatic rings. The molecule has 0 aliphatic heterocycles. The second-order valence-corrected chi connectivity index (χ2v) is 3.76. The van der Waals surface area contributed by atoms with E-state index in [9.17, 15) is 20.2 Å². The molecule has 0 spiro atoms. The number of nitro benzene ring substituents is 2. The average molecular weight is 270 g/mol. The van der Waals surface area contributed by atoms with Gasteiger partial charge in [-0.05, 0) is 25.2 Å². The molecule has 1 rings (SSSR count). The van der Waals surface area contributed by atoms with E-state index >= 15 is 0 Å². The minimum absolute atomic E-state index is 0.0808. The Morgan fingerprint density at radius 1 is 1.33 bits per heavy atom. The first-order valence-corrected chi connectivity index (χ1v) is 5.43. The lowest BCUT2D eigenvalue weighted by Gasteiger charge is -2.05. The maximum atomic E-state index is 10.8. The Morgan fingerprint density at radius 3 is 2.50 bits per heavy atom. The zero-order valence-electron chi connectivity index (χ0n) is 9.49. The third kappa shape index (κ3) is 3.45. The highest BCUT2D eigenvalue weighted by Gasteiger charge is 2.20. The fraction of sp³-hybridized carbons (Fsp3) is 0.300. The van der Waals surface area contributed by atoms with Crippen LogP contribution in [-0.4, -0.2) is 21.5 Å². The molecule has 0 unspecified atom stereocenters. The van der Waals surface area contributed by atoms with Gasteiger partial charge in [-0.2, -0.15) is 0 Å². The average Bonchev–Trinajstić information content (AvgIpc) is 2.29. The van der Waals surface area contributed by atoms with Gasteiger partial charge in [-0.1, -0.05) is 0 Å². The van der Waals surface area contributed by atoms with Crippen molar-refractivity contribution in [2.75, 3.05) is 6.61 Å². The van der Waals surface area contributed by atoms with Crippen LogP contribution >= 0.6 is 12.2 Å². The standard InChI is InChI=1S/C10H10N2O5S/c1-2-17-10(18)5-7-3-4-8(11(13)14)6-9(7)12(15)16/h3-4,6H,2,5H2,1H3. The molecule has 0 aliphatic carbocycles. The van der Waals surface area contributed by atoms with Crippen molar-refractivity contribution in [1.82, 2.24) is 0 Å². The summed E-state index contributed by atoms with van der Waals surface area (Å²) in [5.41, 5.74) is -0.358. The SMILES string of the molecule is CCOC(=S)Cc1ccc([N+](=O)[O-])cc1[N+](=O)[O-]. The number of nitrogens with zero attached hydrogens (tertiary/aromatic N) is 2. The van der Waals surface area contributed by atoms with Crippen LogP contribution in [0.2, 0.25) is 0 Å². The molecule has 0 heterocycles. The van der Waals surface area contributed by atoms with E-state index in [1.54, 1.807) is 6.92 Å². The van der Waals surface area contributed by atoms with Gasteiger partial charge < -0.3 is 4.74 Å². The molecule has 1 aromatic carbocycles. The molecule has 0 N–H and O–H groups in total. The van der Waals surface area contributed by atoms with E-state index in [0.717, 1.165) is 6.07 Å². The van der Waals surface area contributed by atoms with Gasteiger partial charge >= 0.3 is 0 Å². The van der Waals surface area contributed by atoms with Crippen molar-refractivity contribution in [2.24, 2.45) is 0 Å². The van der Waals surface area contributed by atoms with E-state index in [2.05, 4.69) is 0 Å². The first-order valence-electron chi connectivity index (χ1n) is 5.03. The largest absolute Gasteiger partial charge is 0.487 e. The predicted octanol–water partition coefficient (Wildman–Crippen LogP) is 2.41. The molecule has 7 nitrogen and oxygen atoms in total. The fourth-order valence-corrected chi connectivity index (χ4v) is 1.63. The van der Waals surface area contributed by atoms with Crippen molar-refractivity contribution in [3.8, 4) is 0 Å². The summed E-state index contributed by atoms with van der Waals surface area (Å²) in [5, 5.41) is 21.6. The van der Waals surface area contributed by atoms with Gasteiger partial charge in [-0.3, -0.25) is 20.2 Å². The number of hydrogen-bond donors (Lipinski definition) is 0. The Kier molecular flexibility index (Phi) is 4.67. The molecule has 0 radical (unpaired) electrons. The highest BCUT2D eigenvalue weighted by atomic mass is 32.1. The summed E-state index contributed by atoms with van der Waals surface area (Å²) >= 11 is 4.89. The highest BCUT2D eigenvalue weighted by molar-refractivity contribution is 7.80. The van der Waals surface area contributed by atoms with Crippen LogP contribution < -0.4 is 0 Å². The third-order valence-electron chi connectivity index (χ3n) is 2.12. The molecule has 18 heavy (non-hydrogen) atoms. The van der Waals surface area contributed by atoms with Crippen molar-refractivity contribution < 1.29 is 14.6 Å². The smallest absolute Gasteiger partial charge is 0.279 e. The van der Waals surface area contributed by atoms with Crippen LogP contribution in [0.4, 0.5) is 11.4 Å². The molecule has 0 saturated carbocycles. The number of ether oxygens (including phenoxy) is 1. The second-order valence-electron chi connectivity index (χ2n) is 3.31. The molecule has 0 amide bonds. The van der Waals surface area contributed by atoms with E-state index in [0.29, 0.717) is 12.2 Å². The van der Waals surface area contributed by atoms with Crippen molar-refractivity contribution in [2.45, 2.75) is 13.3 Å². The van der Waals surface area contributed by atoms with Gasteiger partial charge in [-0.25, -0.2) is 0 Å². The fourth-order valence-electron chi connectivity index (χ4n) is 1.35. The lowest BCUT2D eigenvalue weighted by atomic mass is 10.1. The molecule has 96 valence electrons. The quantitative estimate of drug-likeness (QED) is 0.463. The first kappa shape index (κ1) is 14.0. The number of benzene rings is 1. The molecule has 0 atom stereocenters.